The molecule has 0 aliphatic rings. The average molecular weight is 302 g/mol. The summed E-state index contributed by atoms with van der Waals surface area (Å²) in [4.78, 5) is 1.29. The monoisotopic (exact) mass is 302 g/mol. The van der Waals surface area contributed by atoms with E-state index in [1.54, 1.807) is 0 Å². The summed E-state index contributed by atoms with van der Waals surface area (Å²) in [5.41, 5.74) is 0. The first kappa shape index (κ1) is 16.2. The summed E-state index contributed by atoms with van der Waals surface area (Å²) in [6, 6.07) is 12.0. The van der Waals surface area contributed by atoms with Gasteiger partial charge in [-0.15, -0.1) is 11.8 Å². The fourth-order valence-corrected chi connectivity index (χ4v) is 3.69. The molecule has 1 N–H and O–H groups in total. The predicted molar refractivity (Wildman–Crippen MR) is 94.3 cm³/mol. The lowest BCUT2D eigenvalue weighted by Gasteiger charge is -2.08. The normalized spacial score (nSPS) is 11.1. The summed E-state index contributed by atoms with van der Waals surface area (Å²) in [5, 5.41) is 12.0. The van der Waals surface area contributed by atoms with Gasteiger partial charge in [-0.25, -0.2) is 0 Å². The Morgan fingerprint density at radius 3 is 2.24 bits per heavy atom. The maximum Gasteiger partial charge on any atom is 0.123 e. The van der Waals surface area contributed by atoms with Crippen molar-refractivity contribution in [3.05, 3.63) is 36.4 Å². The molecule has 0 radical (unpaired) electrons. The second-order valence-corrected chi connectivity index (χ2v) is 6.73. The smallest absolute Gasteiger partial charge is 0.123 e. The van der Waals surface area contributed by atoms with Crippen LogP contribution in [0.3, 0.4) is 0 Å². The van der Waals surface area contributed by atoms with Gasteiger partial charge in [0, 0.05) is 10.3 Å². The molecule has 0 saturated carbocycles. The number of rotatable bonds is 9. The lowest BCUT2D eigenvalue weighted by atomic mass is 10.1. The zero-order chi connectivity index (χ0) is 14.9. The molecule has 0 bridgehead atoms. The number of hydrogen-bond acceptors (Lipinski definition) is 2. The Morgan fingerprint density at radius 1 is 0.810 bits per heavy atom. The second kappa shape index (κ2) is 8.99. The van der Waals surface area contributed by atoms with Crippen LogP contribution in [0.4, 0.5) is 0 Å². The molecule has 1 nitrogen and oxygen atoms in total. The Kier molecular flexibility index (Phi) is 6.94. The highest BCUT2D eigenvalue weighted by atomic mass is 32.2. The maximum absolute atomic E-state index is 9.90. The molecule has 21 heavy (non-hydrogen) atoms. The topological polar surface area (TPSA) is 20.2 Å². The van der Waals surface area contributed by atoms with Crippen molar-refractivity contribution in [3.8, 4) is 5.75 Å². The van der Waals surface area contributed by atoms with Crippen molar-refractivity contribution in [2.45, 2.75) is 56.8 Å². The van der Waals surface area contributed by atoms with Gasteiger partial charge >= 0.3 is 0 Å². The van der Waals surface area contributed by atoms with Crippen molar-refractivity contribution in [2.24, 2.45) is 0 Å². The SMILES string of the molecule is CCCCCCCCCSc1ccc(O)c2ccccc12. The van der Waals surface area contributed by atoms with E-state index in [-0.39, 0.29) is 0 Å². The summed E-state index contributed by atoms with van der Waals surface area (Å²) in [6.07, 6.45) is 9.49. The molecule has 0 amide bonds. The first-order valence-corrected chi connectivity index (χ1v) is 9.15. The summed E-state index contributed by atoms with van der Waals surface area (Å²) < 4.78 is 0. The van der Waals surface area contributed by atoms with E-state index in [9.17, 15) is 5.11 Å². The summed E-state index contributed by atoms with van der Waals surface area (Å²) in [5.74, 6) is 1.55. The van der Waals surface area contributed by atoms with Crippen molar-refractivity contribution >= 4 is 22.5 Å². The van der Waals surface area contributed by atoms with E-state index in [1.807, 2.05) is 42.1 Å². The highest BCUT2D eigenvalue weighted by molar-refractivity contribution is 7.99. The van der Waals surface area contributed by atoms with Crippen LogP contribution in [0.5, 0.6) is 5.75 Å². The molecule has 0 spiro atoms. The largest absolute Gasteiger partial charge is 0.507 e. The number of phenolic OH excluding ortho intramolecular Hbond substituents is 1. The van der Waals surface area contributed by atoms with E-state index in [0.29, 0.717) is 5.75 Å². The lowest BCUT2D eigenvalue weighted by Crippen LogP contribution is -1.84. The number of aromatic hydroxyl groups is 1. The number of benzene rings is 2. The third kappa shape index (κ3) is 4.96. The molecule has 2 rings (SSSR count). The van der Waals surface area contributed by atoms with Crippen LogP contribution in [0.15, 0.2) is 41.3 Å². The van der Waals surface area contributed by atoms with Gasteiger partial charge in [0.25, 0.3) is 0 Å². The standard InChI is InChI=1S/C19H26OS/c1-2-3-4-5-6-7-10-15-21-19-14-13-18(20)16-11-8-9-12-17(16)19/h8-9,11-14,20H,2-7,10,15H2,1H3. The molecular weight excluding hydrogens is 276 g/mol. The Balaban J connectivity index is 1.78. The summed E-state index contributed by atoms with van der Waals surface area (Å²) in [7, 11) is 0. The second-order valence-electron chi connectivity index (χ2n) is 5.60. The number of hydrogen-bond donors (Lipinski definition) is 1. The van der Waals surface area contributed by atoms with Crippen LogP contribution < -0.4 is 0 Å². The lowest BCUT2D eigenvalue weighted by molar-refractivity contribution is 0.481. The molecule has 2 heteroatoms. The average Bonchev–Trinajstić information content (AvgIpc) is 2.52. The Hall–Kier alpha value is -1.15. The highest BCUT2D eigenvalue weighted by Gasteiger charge is 2.04. The summed E-state index contributed by atoms with van der Waals surface area (Å²) in [6.45, 7) is 2.26. The zero-order valence-electron chi connectivity index (χ0n) is 13.0. The van der Waals surface area contributed by atoms with Gasteiger partial charge in [-0.1, -0.05) is 69.7 Å². The minimum atomic E-state index is 0.380. The predicted octanol–water partition coefficient (Wildman–Crippen LogP) is 6.39. The van der Waals surface area contributed by atoms with E-state index in [2.05, 4.69) is 13.0 Å². The van der Waals surface area contributed by atoms with Crippen LogP contribution >= 0.6 is 11.8 Å². The van der Waals surface area contributed by atoms with Gasteiger partial charge in [-0.2, -0.15) is 0 Å². The van der Waals surface area contributed by atoms with Gasteiger partial charge < -0.3 is 5.11 Å². The molecular formula is C19H26OS. The van der Waals surface area contributed by atoms with Crippen LogP contribution in [-0.4, -0.2) is 10.9 Å². The van der Waals surface area contributed by atoms with Gasteiger partial charge in [0.15, 0.2) is 0 Å². The molecule has 2 aromatic carbocycles. The van der Waals surface area contributed by atoms with Crippen LogP contribution in [0.2, 0.25) is 0 Å². The fourth-order valence-electron chi connectivity index (χ4n) is 2.62. The molecule has 0 atom stereocenters. The molecule has 0 fully saturated rings. The van der Waals surface area contributed by atoms with Crippen molar-refractivity contribution < 1.29 is 5.11 Å². The van der Waals surface area contributed by atoms with Crippen molar-refractivity contribution in [1.82, 2.24) is 0 Å². The third-order valence-electron chi connectivity index (χ3n) is 3.87. The zero-order valence-corrected chi connectivity index (χ0v) is 13.8. The van der Waals surface area contributed by atoms with Gasteiger partial charge in [-0.3, -0.25) is 0 Å². The van der Waals surface area contributed by atoms with E-state index >= 15 is 0 Å². The molecule has 2 aromatic rings. The van der Waals surface area contributed by atoms with Gasteiger partial charge in [-0.05, 0) is 29.7 Å². The number of unbranched alkanes of at least 4 members (excludes halogenated alkanes) is 6. The number of thioether (sulfide) groups is 1. The minimum Gasteiger partial charge on any atom is -0.507 e. The van der Waals surface area contributed by atoms with Crippen molar-refractivity contribution in [1.29, 1.82) is 0 Å². The Bertz CT molecular complexity index is 550. The molecule has 114 valence electrons. The van der Waals surface area contributed by atoms with E-state index in [4.69, 9.17) is 0 Å². The molecule has 0 saturated heterocycles. The fraction of sp³-hybridized carbons (Fsp3) is 0.474. The molecule has 0 unspecified atom stereocenters. The number of fused-ring (bicyclic) bond motifs is 1. The van der Waals surface area contributed by atoms with Crippen LogP contribution in [0, 0.1) is 0 Å². The first-order valence-electron chi connectivity index (χ1n) is 8.16. The van der Waals surface area contributed by atoms with E-state index in [0.717, 1.165) is 5.39 Å². The van der Waals surface area contributed by atoms with E-state index < -0.39 is 0 Å². The molecule has 0 aliphatic carbocycles. The van der Waals surface area contributed by atoms with Gasteiger partial charge in [0.2, 0.25) is 0 Å². The minimum absolute atomic E-state index is 0.380. The van der Waals surface area contributed by atoms with Crippen LogP contribution in [-0.2, 0) is 0 Å². The van der Waals surface area contributed by atoms with Crippen molar-refractivity contribution in [2.75, 3.05) is 5.75 Å². The highest BCUT2D eigenvalue weighted by Crippen LogP contribution is 2.33. The third-order valence-corrected chi connectivity index (χ3v) is 5.03. The Morgan fingerprint density at radius 2 is 1.48 bits per heavy atom. The van der Waals surface area contributed by atoms with Crippen LogP contribution in [0.25, 0.3) is 10.8 Å². The van der Waals surface area contributed by atoms with Gasteiger partial charge in [0.05, 0.1) is 0 Å². The summed E-state index contributed by atoms with van der Waals surface area (Å²) >= 11 is 1.92. The maximum atomic E-state index is 9.90. The number of phenols is 1. The first-order chi connectivity index (χ1) is 10.3. The molecule has 0 aromatic heterocycles. The van der Waals surface area contributed by atoms with Crippen LogP contribution in [0.1, 0.15) is 51.9 Å². The quantitative estimate of drug-likeness (QED) is 0.428. The van der Waals surface area contributed by atoms with Gasteiger partial charge in [0.1, 0.15) is 5.75 Å². The Labute approximate surface area is 132 Å². The van der Waals surface area contributed by atoms with E-state index in [1.165, 1.54) is 61.0 Å². The molecule has 0 aliphatic heterocycles. The van der Waals surface area contributed by atoms with Crippen molar-refractivity contribution in [3.63, 3.8) is 0 Å². The molecule has 0 heterocycles.